The molecule has 0 spiro atoms. The fraction of sp³-hybridized carbons (Fsp3) is 0.417. The fourth-order valence-corrected chi connectivity index (χ4v) is 2.02. The molecule has 7 nitrogen and oxygen atoms in total. The minimum atomic E-state index is -4.69. The van der Waals surface area contributed by atoms with Crippen LogP contribution in [0.1, 0.15) is 23.2 Å². The molecule has 2 heterocycles. The first-order valence-electron chi connectivity index (χ1n) is 6.18. The topological polar surface area (TPSA) is 100 Å². The number of hydrogen-bond acceptors (Lipinski definition) is 5. The highest BCUT2D eigenvalue weighted by Crippen LogP contribution is 2.30. The van der Waals surface area contributed by atoms with Gasteiger partial charge in [-0.1, -0.05) is 6.92 Å². The fourth-order valence-electron chi connectivity index (χ4n) is 2.02. The van der Waals surface area contributed by atoms with Gasteiger partial charge in [-0.15, -0.1) is 0 Å². The first-order valence-corrected chi connectivity index (χ1v) is 6.18. The number of aromatic carboxylic acids is 1. The quantitative estimate of drug-likeness (QED) is 0.863. The van der Waals surface area contributed by atoms with E-state index in [1.165, 1.54) is 7.05 Å². The van der Waals surface area contributed by atoms with Crippen molar-refractivity contribution in [3.8, 4) is 5.75 Å². The number of H-pyrrole nitrogens is 1. The van der Waals surface area contributed by atoms with E-state index in [2.05, 4.69) is 14.7 Å². The summed E-state index contributed by atoms with van der Waals surface area (Å²) in [4.78, 5) is 29.6. The molecule has 0 radical (unpaired) electrons. The van der Waals surface area contributed by atoms with Crippen molar-refractivity contribution < 1.29 is 27.8 Å². The zero-order valence-corrected chi connectivity index (χ0v) is 11.6. The van der Waals surface area contributed by atoms with Crippen LogP contribution in [-0.4, -0.2) is 33.3 Å². The number of carbonyl (C=O) groups excluding carboxylic acids is 1. The van der Waals surface area contributed by atoms with Gasteiger partial charge >= 0.3 is 6.18 Å². The third-order valence-electron chi connectivity index (χ3n) is 2.95. The smallest absolute Gasteiger partial charge is 0.422 e. The largest absolute Gasteiger partial charge is 0.543 e. The summed E-state index contributed by atoms with van der Waals surface area (Å²) < 4.78 is 42.4. The summed E-state index contributed by atoms with van der Waals surface area (Å²) in [7, 11) is 1.25. The lowest BCUT2D eigenvalue weighted by atomic mass is 10.3. The summed E-state index contributed by atoms with van der Waals surface area (Å²) in [6, 6.07) is 0. The predicted molar refractivity (Wildman–Crippen MR) is 66.6 cm³/mol. The number of hydrogen-bond donors (Lipinski definition) is 1. The molecule has 0 unspecified atom stereocenters. The van der Waals surface area contributed by atoms with Crippen molar-refractivity contribution in [1.82, 2.24) is 14.5 Å². The maximum Gasteiger partial charge on any atom is 0.422 e. The van der Waals surface area contributed by atoms with Crippen LogP contribution in [0.5, 0.6) is 5.75 Å². The maximum atomic E-state index is 12.3. The molecular formula is C12H11F3N3O4-. The highest BCUT2D eigenvalue weighted by molar-refractivity contribution is 5.98. The van der Waals surface area contributed by atoms with E-state index in [0.717, 1.165) is 4.57 Å². The number of nitrogens with zero attached hydrogens (tertiary/aromatic N) is 2. The Bertz CT molecular complexity index is 791. The van der Waals surface area contributed by atoms with Gasteiger partial charge in [-0.2, -0.15) is 13.2 Å². The molecule has 0 aliphatic rings. The molecule has 0 aliphatic carbocycles. The Labute approximate surface area is 121 Å². The summed E-state index contributed by atoms with van der Waals surface area (Å²) in [5, 5.41) is 10.8. The number of ether oxygens (including phenoxy) is 1. The summed E-state index contributed by atoms with van der Waals surface area (Å²) >= 11 is 0. The van der Waals surface area contributed by atoms with Gasteiger partial charge in [0.2, 0.25) is 0 Å². The zero-order valence-electron chi connectivity index (χ0n) is 11.6. The first kappa shape index (κ1) is 15.9. The molecule has 2 aromatic rings. The Morgan fingerprint density at radius 1 is 1.45 bits per heavy atom. The number of aromatic amines is 1. The summed E-state index contributed by atoms with van der Waals surface area (Å²) in [6.45, 7) is -0.0326. The molecule has 2 rings (SSSR count). The van der Waals surface area contributed by atoms with Crippen molar-refractivity contribution in [1.29, 1.82) is 0 Å². The second-order valence-electron chi connectivity index (χ2n) is 4.49. The predicted octanol–water partition coefficient (Wildman–Crippen LogP) is 0.129. The van der Waals surface area contributed by atoms with E-state index in [9.17, 15) is 27.9 Å². The Morgan fingerprint density at radius 2 is 2.09 bits per heavy atom. The third kappa shape index (κ3) is 2.76. The van der Waals surface area contributed by atoms with Gasteiger partial charge in [-0.05, 0) is 0 Å². The van der Waals surface area contributed by atoms with Crippen molar-refractivity contribution in [2.45, 2.75) is 19.5 Å². The average molecular weight is 318 g/mol. The maximum absolute atomic E-state index is 12.3. The van der Waals surface area contributed by atoms with Crippen molar-refractivity contribution in [2.24, 2.45) is 7.05 Å². The number of carboxylic acid groups (broad SMARTS) is 1. The van der Waals surface area contributed by atoms with Gasteiger partial charge in [0.15, 0.2) is 18.0 Å². The van der Waals surface area contributed by atoms with E-state index in [1.54, 1.807) is 6.92 Å². The zero-order chi connectivity index (χ0) is 16.7. The standard InChI is InChI=1S/C12H12F3N3O4/c1-3-5-16-9-6(10(19)17-5)8(22-4-12(13,14)15)7(11(20)21)18(9)2/h3-4H2,1-2H3,(H,20,21)(H,16,17,19)/p-1. The van der Waals surface area contributed by atoms with Crippen molar-refractivity contribution >= 4 is 17.0 Å². The van der Waals surface area contributed by atoms with Crippen LogP contribution < -0.4 is 15.4 Å². The number of aromatic nitrogens is 3. The lowest BCUT2D eigenvalue weighted by Gasteiger charge is -2.11. The lowest BCUT2D eigenvalue weighted by Crippen LogP contribution is -2.27. The number of fused-ring (bicyclic) bond motifs is 1. The monoisotopic (exact) mass is 318 g/mol. The molecular weight excluding hydrogens is 307 g/mol. The van der Waals surface area contributed by atoms with Crippen LogP contribution in [0.15, 0.2) is 4.79 Å². The second-order valence-corrected chi connectivity index (χ2v) is 4.49. The Kier molecular flexibility index (Phi) is 3.86. The SMILES string of the molecule is CCc1nc2c(c(OCC(F)(F)F)c(C(=O)[O-])n2C)c(=O)[nH]1. The molecule has 120 valence electrons. The number of halogens is 3. The Balaban J connectivity index is 2.74. The minimum Gasteiger partial charge on any atom is -0.543 e. The minimum absolute atomic E-state index is 0.0861. The molecule has 0 amide bonds. The molecule has 0 aliphatic heterocycles. The number of aryl methyl sites for hydroxylation is 2. The van der Waals surface area contributed by atoms with Crippen molar-refractivity contribution in [3.63, 3.8) is 0 Å². The van der Waals surface area contributed by atoms with Crippen LogP contribution in [0.3, 0.4) is 0 Å². The number of nitrogens with one attached hydrogen (secondary N) is 1. The molecule has 0 saturated carbocycles. The molecule has 0 aromatic carbocycles. The Morgan fingerprint density at radius 3 is 2.59 bits per heavy atom. The molecule has 2 aromatic heterocycles. The van der Waals surface area contributed by atoms with Gasteiger partial charge in [0.05, 0.1) is 5.97 Å². The van der Waals surface area contributed by atoms with Crippen LogP contribution >= 0.6 is 0 Å². The van der Waals surface area contributed by atoms with E-state index in [0.29, 0.717) is 6.42 Å². The third-order valence-corrected chi connectivity index (χ3v) is 2.95. The lowest BCUT2D eigenvalue weighted by molar-refractivity contribution is -0.256. The molecule has 0 fully saturated rings. The van der Waals surface area contributed by atoms with Gasteiger partial charge in [0.1, 0.15) is 16.9 Å². The van der Waals surface area contributed by atoms with Crippen LogP contribution in [0.2, 0.25) is 0 Å². The van der Waals surface area contributed by atoms with Gasteiger partial charge in [0.25, 0.3) is 5.56 Å². The van der Waals surface area contributed by atoms with Crippen LogP contribution in [0.4, 0.5) is 13.2 Å². The van der Waals surface area contributed by atoms with Gasteiger partial charge in [-0.25, -0.2) is 4.98 Å². The van der Waals surface area contributed by atoms with Crippen LogP contribution in [-0.2, 0) is 13.5 Å². The highest BCUT2D eigenvalue weighted by Gasteiger charge is 2.31. The van der Waals surface area contributed by atoms with Crippen molar-refractivity contribution in [3.05, 3.63) is 21.9 Å². The summed E-state index contributed by atoms with van der Waals surface area (Å²) in [5.74, 6) is -2.20. The van der Waals surface area contributed by atoms with E-state index >= 15 is 0 Å². The van der Waals surface area contributed by atoms with Gasteiger partial charge in [0, 0.05) is 13.5 Å². The molecule has 22 heavy (non-hydrogen) atoms. The van der Waals surface area contributed by atoms with Crippen LogP contribution in [0, 0.1) is 0 Å². The molecule has 0 bridgehead atoms. The number of carbonyl (C=O) groups is 1. The van der Waals surface area contributed by atoms with E-state index in [1.807, 2.05) is 0 Å². The normalized spacial score (nSPS) is 11.9. The molecule has 10 heteroatoms. The summed E-state index contributed by atoms with van der Waals surface area (Å²) in [5.41, 5.74) is -1.54. The van der Waals surface area contributed by atoms with Crippen LogP contribution in [0.25, 0.3) is 11.0 Å². The van der Waals surface area contributed by atoms with E-state index in [4.69, 9.17) is 0 Å². The van der Waals surface area contributed by atoms with Gasteiger partial charge < -0.3 is 24.2 Å². The van der Waals surface area contributed by atoms with Gasteiger partial charge in [-0.3, -0.25) is 4.79 Å². The molecule has 0 saturated heterocycles. The average Bonchev–Trinajstić information content (AvgIpc) is 2.69. The number of carboxylic acids is 1. The number of alkyl halides is 3. The first-order chi connectivity index (χ1) is 10.2. The molecule has 0 atom stereocenters. The highest BCUT2D eigenvalue weighted by atomic mass is 19.4. The Hall–Kier alpha value is -2.52. The summed E-state index contributed by atoms with van der Waals surface area (Å²) in [6.07, 6.45) is -4.33. The molecule has 1 N–H and O–H groups in total. The second kappa shape index (κ2) is 5.35. The van der Waals surface area contributed by atoms with E-state index < -0.39 is 35.8 Å². The van der Waals surface area contributed by atoms with Crippen molar-refractivity contribution in [2.75, 3.05) is 6.61 Å². The van der Waals surface area contributed by atoms with E-state index in [-0.39, 0.29) is 16.9 Å². The number of rotatable bonds is 4.